The van der Waals surface area contributed by atoms with Crippen LogP contribution < -0.4 is 10.6 Å². The van der Waals surface area contributed by atoms with E-state index in [2.05, 4.69) is 31.4 Å². The highest BCUT2D eigenvalue weighted by Crippen LogP contribution is 2.16. The zero-order valence-electron chi connectivity index (χ0n) is 12.6. The van der Waals surface area contributed by atoms with E-state index >= 15 is 0 Å². The maximum Gasteiger partial charge on any atom is 0.314 e. The number of rotatable bonds is 3. The Labute approximate surface area is 116 Å². The van der Waals surface area contributed by atoms with Gasteiger partial charge in [0.25, 0.3) is 0 Å². The standard InChI is InChI=1S/C14H27N3O2/c1-11(18)17-7-5-12(6-8-17)9-15-13(19)16-10-14(2,3)4/h12H,5-10H2,1-4H3,(H2,15,16,19). The third kappa shape index (κ3) is 6.45. The fraction of sp³-hybridized carbons (Fsp3) is 0.857. The molecule has 0 unspecified atom stereocenters. The van der Waals surface area contributed by atoms with Gasteiger partial charge in [0, 0.05) is 33.1 Å². The second-order valence-corrected chi connectivity index (χ2v) is 6.57. The van der Waals surface area contributed by atoms with Crippen LogP contribution in [0, 0.1) is 11.3 Å². The third-order valence-corrected chi connectivity index (χ3v) is 3.39. The molecule has 110 valence electrons. The minimum absolute atomic E-state index is 0.0936. The Bertz CT molecular complexity index is 315. The van der Waals surface area contributed by atoms with E-state index in [1.54, 1.807) is 6.92 Å². The van der Waals surface area contributed by atoms with E-state index in [-0.39, 0.29) is 17.4 Å². The number of hydrogen-bond donors (Lipinski definition) is 2. The summed E-state index contributed by atoms with van der Waals surface area (Å²) >= 11 is 0. The van der Waals surface area contributed by atoms with Crippen LogP contribution in [0.15, 0.2) is 0 Å². The molecule has 0 saturated carbocycles. The minimum atomic E-state index is -0.0936. The predicted molar refractivity (Wildman–Crippen MR) is 75.8 cm³/mol. The Kier molecular flexibility index (Phi) is 5.63. The molecule has 19 heavy (non-hydrogen) atoms. The van der Waals surface area contributed by atoms with Gasteiger partial charge < -0.3 is 15.5 Å². The lowest BCUT2D eigenvalue weighted by atomic mass is 9.96. The first-order valence-corrected chi connectivity index (χ1v) is 7.05. The highest BCUT2D eigenvalue weighted by molar-refractivity contribution is 5.74. The van der Waals surface area contributed by atoms with Crippen LogP contribution in [0.25, 0.3) is 0 Å². The molecule has 1 fully saturated rings. The first-order valence-electron chi connectivity index (χ1n) is 7.05. The van der Waals surface area contributed by atoms with Crippen molar-refractivity contribution in [3.8, 4) is 0 Å². The zero-order valence-corrected chi connectivity index (χ0v) is 12.6. The van der Waals surface area contributed by atoms with Crippen LogP contribution in [0.2, 0.25) is 0 Å². The molecule has 1 rings (SSSR count). The monoisotopic (exact) mass is 269 g/mol. The van der Waals surface area contributed by atoms with Gasteiger partial charge in [-0.25, -0.2) is 4.79 Å². The van der Waals surface area contributed by atoms with Crippen molar-refractivity contribution in [3.63, 3.8) is 0 Å². The highest BCUT2D eigenvalue weighted by Gasteiger charge is 2.21. The third-order valence-electron chi connectivity index (χ3n) is 3.39. The number of carbonyl (C=O) groups is 2. The molecular weight excluding hydrogens is 242 g/mol. The average Bonchev–Trinajstić information content (AvgIpc) is 2.33. The number of amides is 3. The van der Waals surface area contributed by atoms with Crippen LogP contribution in [0.3, 0.4) is 0 Å². The SMILES string of the molecule is CC(=O)N1CCC(CNC(=O)NCC(C)(C)C)CC1. The smallest absolute Gasteiger partial charge is 0.314 e. The van der Waals surface area contributed by atoms with Gasteiger partial charge in [0.15, 0.2) is 0 Å². The Morgan fingerprint density at radius 2 is 1.74 bits per heavy atom. The van der Waals surface area contributed by atoms with E-state index in [1.807, 2.05) is 4.90 Å². The molecule has 0 spiro atoms. The van der Waals surface area contributed by atoms with E-state index in [0.717, 1.165) is 25.9 Å². The molecule has 0 aromatic heterocycles. The second-order valence-electron chi connectivity index (χ2n) is 6.57. The zero-order chi connectivity index (χ0) is 14.5. The minimum Gasteiger partial charge on any atom is -0.343 e. The lowest BCUT2D eigenvalue weighted by Gasteiger charge is -2.31. The van der Waals surface area contributed by atoms with Gasteiger partial charge in [-0.1, -0.05) is 20.8 Å². The van der Waals surface area contributed by atoms with E-state index in [4.69, 9.17) is 0 Å². The van der Waals surface area contributed by atoms with E-state index in [0.29, 0.717) is 19.0 Å². The van der Waals surface area contributed by atoms with Crippen LogP contribution in [0.4, 0.5) is 4.79 Å². The van der Waals surface area contributed by atoms with Crippen molar-refractivity contribution < 1.29 is 9.59 Å². The van der Waals surface area contributed by atoms with Crippen molar-refractivity contribution in [2.45, 2.75) is 40.5 Å². The maximum atomic E-state index is 11.6. The molecule has 0 aromatic carbocycles. The summed E-state index contributed by atoms with van der Waals surface area (Å²) in [6.07, 6.45) is 1.94. The van der Waals surface area contributed by atoms with Crippen LogP contribution in [0.1, 0.15) is 40.5 Å². The summed E-state index contributed by atoms with van der Waals surface area (Å²) in [6, 6.07) is -0.0936. The van der Waals surface area contributed by atoms with Crippen LogP contribution in [-0.2, 0) is 4.79 Å². The quantitative estimate of drug-likeness (QED) is 0.817. The summed E-state index contributed by atoms with van der Waals surface area (Å²) in [5.74, 6) is 0.630. The highest BCUT2D eigenvalue weighted by atomic mass is 16.2. The van der Waals surface area contributed by atoms with Gasteiger partial charge >= 0.3 is 6.03 Å². The summed E-state index contributed by atoms with van der Waals surface area (Å²) in [4.78, 5) is 24.7. The molecule has 2 N–H and O–H groups in total. The van der Waals surface area contributed by atoms with Gasteiger partial charge in [0.05, 0.1) is 0 Å². The number of piperidine rings is 1. The number of hydrogen-bond acceptors (Lipinski definition) is 2. The lowest BCUT2D eigenvalue weighted by molar-refractivity contribution is -0.130. The Hall–Kier alpha value is -1.26. The van der Waals surface area contributed by atoms with E-state index in [9.17, 15) is 9.59 Å². The number of urea groups is 1. The van der Waals surface area contributed by atoms with Gasteiger partial charge in [-0.15, -0.1) is 0 Å². The molecule has 1 saturated heterocycles. The van der Waals surface area contributed by atoms with Crippen LogP contribution >= 0.6 is 0 Å². The molecule has 5 nitrogen and oxygen atoms in total. The van der Waals surface area contributed by atoms with E-state index in [1.165, 1.54) is 0 Å². The largest absolute Gasteiger partial charge is 0.343 e. The topological polar surface area (TPSA) is 61.4 Å². The molecule has 3 amide bonds. The molecule has 0 radical (unpaired) electrons. The van der Waals surface area contributed by atoms with Gasteiger partial charge in [-0.2, -0.15) is 0 Å². The van der Waals surface area contributed by atoms with Crippen molar-refractivity contribution in [1.29, 1.82) is 0 Å². The molecule has 0 aromatic rings. The molecule has 0 atom stereocenters. The van der Waals surface area contributed by atoms with Crippen molar-refractivity contribution >= 4 is 11.9 Å². The summed E-state index contributed by atoms with van der Waals surface area (Å²) in [7, 11) is 0. The Morgan fingerprint density at radius 1 is 1.16 bits per heavy atom. The molecule has 0 aliphatic carbocycles. The summed E-state index contributed by atoms with van der Waals surface area (Å²) in [5.41, 5.74) is 0.101. The summed E-state index contributed by atoms with van der Waals surface area (Å²) in [5, 5.41) is 5.79. The van der Waals surface area contributed by atoms with Crippen LogP contribution in [-0.4, -0.2) is 43.0 Å². The Balaban J connectivity index is 2.17. The van der Waals surface area contributed by atoms with E-state index < -0.39 is 0 Å². The van der Waals surface area contributed by atoms with Crippen molar-refractivity contribution in [2.24, 2.45) is 11.3 Å². The van der Waals surface area contributed by atoms with Crippen molar-refractivity contribution in [1.82, 2.24) is 15.5 Å². The average molecular weight is 269 g/mol. The molecular formula is C14H27N3O2. The molecule has 1 aliphatic heterocycles. The molecule has 1 heterocycles. The van der Waals surface area contributed by atoms with Gasteiger partial charge in [-0.3, -0.25) is 4.79 Å². The summed E-state index contributed by atoms with van der Waals surface area (Å²) < 4.78 is 0. The predicted octanol–water partition coefficient (Wildman–Crippen LogP) is 1.59. The van der Waals surface area contributed by atoms with Crippen LogP contribution in [0.5, 0.6) is 0 Å². The fourth-order valence-electron chi connectivity index (χ4n) is 2.10. The second kappa shape index (κ2) is 6.78. The Morgan fingerprint density at radius 3 is 2.21 bits per heavy atom. The van der Waals surface area contributed by atoms with Crippen molar-refractivity contribution in [2.75, 3.05) is 26.2 Å². The lowest BCUT2D eigenvalue weighted by Crippen LogP contribution is -2.44. The first-order chi connectivity index (χ1) is 8.78. The van der Waals surface area contributed by atoms with Crippen molar-refractivity contribution in [3.05, 3.63) is 0 Å². The molecule has 1 aliphatic rings. The number of carbonyl (C=O) groups excluding carboxylic acids is 2. The van der Waals surface area contributed by atoms with Gasteiger partial charge in [-0.05, 0) is 24.2 Å². The fourth-order valence-corrected chi connectivity index (χ4v) is 2.10. The summed E-state index contributed by atoms with van der Waals surface area (Å²) in [6.45, 7) is 10.9. The van der Waals surface area contributed by atoms with Gasteiger partial charge in [0.1, 0.15) is 0 Å². The molecule has 0 bridgehead atoms. The molecule has 5 heteroatoms. The number of likely N-dealkylation sites (tertiary alicyclic amines) is 1. The number of nitrogens with zero attached hydrogens (tertiary/aromatic N) is 1. The first kappa shape index (κ1) is 15.8. The van der Waals surface area contributed by atoms with Gasteiger partial charge in [0.2, 0.25) is 5.91 Å². The number of nitrogens with one attached hydrogen (secondary N) is 2. The maximum absolute atomic E-state index is 11.6. The normalized spacial score (nSPS) is 17.2.